The molecule has 2 rings (SSSR count). The second-order valence-corrected chi connectivity index (χ2v) is 5.19. The van der Waals surface area contributed by atoms with Gasteiger partial charge in [-0.3, -0.25) is 4.79 Å². The van der Waals surface area contributed by atoms with E-state index in [-0.39, 0.29) is 18.6 Å². The van der Waals surface area contributed by atoms with Crippen molar-refractivity contribution in [2.75, 3.05) is 19.0 Å². The van der Waals surface area contributed by atoms with Gasteiger partial charge in [-0.25, -0.2) is 4.79 Å². The van der Waals surface area contributed by atoms with E-state index >= 15 is 0 Å². The maximum absolute atomic E-state index is 11.9. The van der Waals surface area contributed by atoms with E-state index < -0.39 is 5.97 Å². The predicted octanol–water partition coefficient (Wildman–Crippen LogP) is 2.76. The molecular weight excluding hydrogens is 270 g/mol. The van der Waals surface area contributed by atoms with E-state index in [1.165, 1.54) is 26.4 Å². The average Bonchev–Trinajstić information content (AvgIpc) is 2.53. The Morgan fingerprint density at radius 3 is 2.71 bits per heavy atom. The van der Waals surface area contributed by atoms with Crippen molar-refractivity contribution in [2.24, 2.45) is 0 Å². The monoisotopic (exact) mass is 291 g/mol. The minimum absolute atomic E-state index is 0.0487. The van der Waals surface area contributed by atoms with Gasteiger partial charge in [0.1, 0.15) is 6.61 Å². The van der Waals surface area contributed by atoms with Crippen LogP contribution in [0.15, 0.2) is 24.3 Å². The molecule has 5 nitrogen and oxygen atoms in total. The number of rotatable bonds is 5. The fourth-order valence-electron chi connectivity index (χ4n) is 2.46. The van der Waals surface area contributed by atoms with E-state index in [1.807, 2.05) is 0 Å². The summed E-state index contributed by atoms with van der Waals surface area (Å²) in [6.07, 6.45) is 5.87. The zero-order chi connectivity index (χ0) is 15.1. The molecule has 0 aliphatic heterocycles. The zero-order valence-electron chi connectivity index (χ0n) is 12.3. The van der Waals surface area contributed by atoms with Crippen LogP contribution in [0.5, 0.6) is 0 Å². The maximum Gasteiger partial charge on any atom is 0.337 e. The largest absolute Gasteiger partial charge is 0.465 e. The van der Waals surface area contributed by atoms with Crippen LogP contribution in [-0.2, 0) is 14.3 Å². The molecule has 1 amide bonds. The number of ether oxygens (including phenoxy) is 2. The Morgan fingerprint density at radius 2 is 2.00 bits per heavy atom. The van der Waals surface area contributed by atoms with E-state index in [1.54, 1.807) is 24.3 Å². The Labute approximate surface area is 124 Å². The van der Waals surface area contributed by atoms with Gasteiger partial charge in [-0.1, -0.05) is 25.3 Å². The number of esters is 1. The van der Waals surface area contributed by atoms with Gasteiger partial charge in [0.15, 0.2) is 0 Å². The first-order chi connectivity index (χ1) is 10.2. The predicted molar refractivity (Wildman–Crippen MR) is 79.2 cm³/mol. The molecule has 0 spiro atoms. The smallest absolute Gasteiger partial charge is 0.337 e. The summed E-state index contributed by atoms with van der Waals surface area (Å²) in [6.45, 7) is 0.0487. The lowest BCUT2D eigenvalue weighted by atomic mass is 9.98. The first-order valence-corrected chi connectivity index (χ1v) is 7.29. The SMILES string of the molecule is COC(=O)c1cccc(NC(=O)COC2CCCCC2)c1. The standard InChI is InChI=1S/C16H21NO4/c1-20-16(19)12-6-5-7-13(10-12)17-15(18)11-21-14-8-3-2-4-9-14/h5-7,10,14H,2-4,8-9,11H2,1H3,(H,17,18). The summed E-state index contributed by atoms with van der Waals surface area (Å²) < 4.78 is 10.3. The molecule has 0 aromatic heterocycles. The summed E-state index contributed by atoms with van der Waals surface area (Å²) in [5, 5.41) is 2.73. The van der Waals surface area contributed by atoms with Crippen molar-refractivity contribution in [1.82, 2.24) is 0 Å². The van der Waals surface area contributed by atoms with Crippen LogP contribution in [0.3, 0.4) is 0 Å². The van der Waals surface area contributed by atoms with Crippen LogP contribution in [0.4, 0.5) is 5.69 Å². The molecule has 0 radical (unpaired) electrons. The molecule has 0 heterocycles. The summed E-state index contributed by atoms with van der Waals surface area (Å²) in [5.41, 5.74) is 0.971. The highest BCUT2D eigenvalue weighted by atomic mass is 16.5. The average molecular weight is 291 g/mol. The van der Waals surface area contributed by atoms with Crippen molar-refractivity contribution in [3.05, 3.63) is 29.8 Å². The van der Waals surface area contributed by atoms with Crippen LogP contribution < -0.4 is 5.32 Å². The van der Waals surface area contributed by atoms with Gasteiger partial charge in [0.25, 0.3) is 0 Å². The van der Waals surface area contributed by atoms with Gasteiger partial charge < -0.3 is 14.8 Å². The van der Waals surface area contributed by atoms with Crippen molar-refractivity contribution >= 4 is 17.6 Å². The topological polar surface area (TPSA) is 64.6 Å². The fourth-order valence-corrected chi connectivity index (χ4v) is 2.46. The molecule has 1 aliphatic rings. The van der Waals surface area contributed by atoms with E-state index in [0.717, 1.165) is 12.8 Å². The highest BCUT2D eigenvalue weighted by Gasteiger charge is 2.15. The van der Waals surface area contributed by atoms with Crippen LogP contribution in [0.2, 0.25) is 0 Å². The number of carbonyl (C=O) groups excluding carboxylic acids is 2. The number of benzene rings is 1. The van der Waals surface area contributed by atoms with E-state index in [9.17, 15) is 9.59 Å². The number of hydrogen-bond acceptors (Lipinski definition) is 4. The Morgan fingerprint density at radius 1 is 1.24 bits per heavy atom. The molecule has 21 heavy (non-hydrogen) atoms. The van der Waals surface area contributed by atoms with Crippen molar-refractivity contribution in [2.45, 2.75) is 38.2 Å². The lowest BCUT2D eigenvalue weighted by Gasteiger charge is -2.21. The molecule has 1 saturated carbocycles. The molecule has 5 heteroatoms. The van der Waals surface area contributed by atoms with Gasteiger partial charge in [-0.05, 0) is 31.0 Å². The number of methoxy groups -OCH3 is 1. The number of hydrogen-bond donors (Lipinski definition) is 1. The van der Waals surface area contributed by atoms with Crippen molar-refractivity contribution in [1.29, 1.82) is 0 Å². The summed E-state index contributed by atoms with van der Waals surface area (Å²) in [5.74, 6) is -0.632. The van der Waals surface area contributed by atoms with Gasteiger partial charge in [0, 0.05) is 5.69 Å². The van der Waals surface area contributed by atoms with Crippen LogP contribution in [0, 0.1) is 0 Å². The van der Waals surface area contributed by atoms with Crippen molar-refractivity contribution in [3.8, 4) is 0 Å². The molecule has 0 unspecified atom stereocenters. The molecule has 1 fully saturated rings. The molecule has 1 aromatic carbocycles. The fraction of sp³-hybridized carbons (Fsp3) is 0.500. The highest BCUT2D eigenvalue weighted by Crippen LogP contribution is 2.20. The Bertz CT molecular complexity index is 495. The van der Waals surface area contributed by atoms with Crippen molar-refractivity contribution < 1.29 is 19.1 Å². The Hall–Kier alpha value is -1.88. The third-order valence-electron chi connectivity index (χ3n) is 3.57. The minimum Gasteiger partial charge on any atom is -0.465 e. The summed E-state index contributed by atoms with van der Waals surface area (Å²) in [7, 11) is 1.33. The van der Waals surface area contributed by atoms with Gasteiger partial charge in [0.05, 0.1) is 18.8 Å². The number of nitrogens with one attached hydrogen (secondary N) is 1. The van der Waals surface area contributed by atoms with E-state index in [4.69, 9.17) is 4.74 Å². The number of anilines is 1. The molecule has 1 aliphatic carbocycles. The van der Waals surface area contributed by atoms with Gasteiger partial charge in [-0.2, -0.15) is 0 Å². The minimum atomic E-state index is -0.426. The van der Waals surface area contributed by atoms with E-state index in [2.05, 4.69) is 10.1 Å². The van der Waals surface area contributed by atoms with Gasteiger partial charge in [-0.15, -0.1) is 0 Å². The van der Waals surface area contributed by atoms with Crippen LogP contribution in [-0.4, -0.2) is 31.7 Å². The van der Waals surface area contributed by atoms with Crippen LogP contribution in [0.1, 0.15) is 42.5 Å². The number of amides is 1. The van der Waals surface area contributed by atoms with Gasteiger partial charge >= 0.3 is 5.97 Å². The molecule has 114 valence electrons. The Kier molecular flexibility index (Phi) is 5.75. The third-order valence-corrected chi connectivity index (χ3v) is 3.57. The lowest BCUT2D eigenvalue weighted by molar-refractivity contribution is -0.123. The lowest BCUT2D eigenvalue weighted by Crippen LogP contribution is -2.24. The first kappa shape index (κ1) is 15.5. The number of carbonyl (C=O) groups is 2. The molecule has 0 bridgehead atoms. The van der Waals surface area contributed by atoms with Crippen LogP contribution in [0.25, 0.3) is 0 Å². The second-order valence-electron chi connectivity index (χ2n) is 5.19. The van der Waals surface area contributed by atoms with Crippen LogP contribution >= 0.6 is 0 Å². The maximum atomic E-state index is 11.9. The molecule has 1 N–H and O–H groups in total. The molecular formula is C16H21NO4. The normalized spacial score (nSPS) is 15.5. The van der Waals surface area contributed by atoms with E-state index in [0.29, 0.717) is 11.3 Å². The van der Waals surface area contributed by atoms with Gasteiger partial charge in [0.2, 0.25) is 5.91 Å². The summed E-state index contributed by atoms with van der Waals surface area (Å²) in [6, 6.07) is 6.65. The zero-order valence-corrected chi connectivity index (χ0v) is 12.3. The third kappa shape index (κ3) is 4.86. The molecule has 1 aromatic rings. The second kappa shape index (κ2) is 7.78. The first-order valence-electron chi connectivity index (χ1n) is 7.29. The summed E-state index contributed by atoms with van der Waals surface area (Å²) >= 11 is 0. The Balaban J connectivity index is 1.83. The van der Waals surface area contributed by atoms with Crippen molar-refractivity contribution in [3.63, 3.8) is 0 Å². The molecule has 0 saturated heterocycles. The highest BCUT2D eigenvalue weighted by molar-refractivity contribution is 5.95. The summed E-state index contributed by atoms with van der Waals surface area (Å²) in [4.78, 5) is 23.3. The quantitative estimate of drug-likeness (QED) is 0.847. The molecule has 0 atom stereocenters.